The van der Waals surface area contributed by atoms with Gasteiger partial charge in [0.05, 0.1) is 7.11 Å². The Bertz CT molecular complexity index is 737. The highest BCUT2D eigenvalue weighted by Crippen LogP contribution is 2.16. The van der Waals surface area contributed by atoms with E-state index in [0.29, 0.717) is 30.8 Å². The summed E-state index contributed by atoms with van der Waals surface area (Å²) < 4.78 is 5.16. The average molecular weight is 372 g/mol. The van der Waals surface area contributed by atoms with Crippen molar-refractivity contribution in [3.63, 3.8) is 0 Å². The van der Waals surface area contributed by atoms with Crippen LogP contribution in [0.15, 0.2) is 41.1 Å². The Kier molecular flexibility index (Phi) is 6.28. The maximum absolute atomic E-state index is 12.4. The van der Waals surface area contributed by atoms with Crippen LogP contribution in [0.25, 0.3) is 0 Å². The molecule has 138 valence electrons. The molecule has 1 aliphatic heterocycles. The van der Waals surface area contributed by atoms with E-state index >= 15 is 0 Å². The summed E-state index contributed by atoms with van der Waals surface area (Å²) in [6.45, 7) is 1.40. The molecule has 6 heteroatoms. The van der Waals surface area contributed by atoms with Crippen LogP contribution in [0.1, 0.15) is 35.2 Å². The fourth-order valence-corrected chi connectivity index (χ4v) is 3.85. The Morgan fingerprint density at radius 2 is 2.08 bits per heavy atom. The predicted octanol–water partition coefficient (Wildman–Crippen LogP) is 3.11. The molecule has 0 bridgehead atoms. The van der Waals surface area contributed by atoms with Crippen LogP contribution in [-0.4, -0.2) is 43.0 Å². The minimum Gasteiger partial charge on any atom is -0.497 e. The molecule has 5 nitrogen and oxygen atoms in total. The number of methoxy groups -OCH3 is 1. The second kappa shape index (κ2) is 8.85. The number of nitrogens with zero attached hydrogens (tertiary/aromatic N) is 1. The third-order valence-corrected chi connectivity index (χ3v) is 5.45. The lowest BCUT2D eigenvalue weighted by Gasteiger charge is -2.32. The third-order valence-electron chi connectivity index (χ3n) is 4.72. The number of hydrogen-bond donors (Lipinski definition) is 1. The molecule has 1 saturated heterocycles. The molecule has 0 saturated carbocycles. The molecule has 1 aromatic carbocycles. The van der Waals surface area contributed by atoms with Gasteiger partial charge in [-0.25, -0.2) is 0 Å². The van der Waals surface area contributed by atoms with Crippen molar-refractivity contribution in [2.45, 2.75) is 31.7 Å². The quantitative estimate of drug-likeness (QED) is 0.848. The maximum Gasteiger partial charge on any atom is 0.251 e. The van der Waals surface area contributed by atoms with Gasteiger partial charge in [-0.1, -0.05) is 6.07 Å². The maximum atomic E-state index is 12.4. The fourth-order valence-electron chi connectivity index (χ4n) is 3.15. The van der Waals surface area contributed by atoms with Crippen molar-refractivity contribution in [3.05, 3.63) is 52.2 Å². The van der Waals surface area contributed by atoms with Crippen LogP contribution >= 0.6 is 11.3 Å². The molecule has 0 atom stereocenters. The van der Waals surface area contributed by atoms with E-state index < -0.39 is 0 Å². The number of ether oxygens (including phenoxy) is 1. The first kappa shape index (κ1) is 18.5. The minimum atomic E-state index is -0.0915. The number of carbonyl (C=O) groups is 2. The SMILES string of the molecule is COc1cccc(C(=O)NC2CCN(C(=O)CCc3ccsc3)CC2)c1. The van der Waals surface area contributed by atoms with Gasteiger partial charge in [0.15, 0.2) is 0 Å². The van der Waals surface area contributed by atoms with Crippen LogP contribution in [-0.2, 0) is 11.2 Å². The van der Waals surface area contributed by atoms with Crippen molar-refractivity contribution >= 4 is 23.2 Å². The van der Waals surface area contributed by atoms with E-state index in [1.165, 1.54) is 5.56 Å². The Balaban J connectivity index is 1.44. The van der Waals surface area contributed by atoms with Gasteiger partial charge in [0.25, 0.3) is 5.91 Å². The molecule has 2 heterocycles. The Hall–Kier alpha value is -2.34. The summed E-state index contributed by atoms with van der Waals surface area (Å²) in [4.78, 5) is 26.6. The molecule has 2 aromatic rings. The summed E-state index contributed by atoms with van der Waals surface area (Å²) in [6.07, 6.45) is 2.94. The van der Waals surface area contributed by atoms with E-state index in [2.05, 4.69) is 16.8 Å². The van der Waals surface area contributed by atoms with E-state index in [-0.39, 0.29) is 17.9 Å². The Morgan fingerprint density at radius 3 is 2.77 bits per heavy atom. The molecule has 1 aliphatic rings. The zero-order valence-corrected chi connectivity index (χ0v) is 15.8. The van der Waals surface area contributed by atoms with Crippen molar-refractivity contribution in [1.29, 1.82) is 0 Å². The molecule has 1 fully saturated rings. The van der Waals surface area contributed by atoms with E-state index in [9.17, 15) is 9.59 Å². The molecule has 0 aliphatic carbocycles. The van der Waals surface area contributed by atoms with Crippen molar-refractivity contribution in [1.82, 2.24) is 10.2 Å². The lowest BCUT2D eigenvalue weighted by atomic mass is 10.0. The minimum absolute atomic E-state index is 0.0915. The van der Waals surface area contributed by atoms with E-state index in [4.69, 9.17) is 4.74 Å². The lowest BCUT2D eigenvalue weighted by molar-refractivity contribution is -0.132. The average Bonchev–Trinajstić information content (AvgIpc) is 3.20. The number of aryl methyl sites for hydroxylation is 1. The second-order valence-electron chi connectivity index (χ2n) is 6.49. The highest BCUT2D eigenvalue weighted by atomic mass is 32.1. The van der Waals surface area contributed by atoms with Gasteiger partial charge in [-0.3, -0.25) is 9.59 Å². The fraction of sp³-hybridized carbons (Fsp3) is 0.400. The van der Waals surface area contributed by atoms with Gasteiger partial charge in [0, 0.05) is 31.1 Å². The first-order chi connectivity index (χ1) is 12.7. The van der Waals surface area contributed by atoms with Gasteiger partial charge >= 0.3 is 0 Å². The molecule has 1 N–H and O–H groups in total. The summed E-state index contributed by atoms with van der Waals surface area (Å²) in [6, 6.07) is 9.31. The normalized spacial score (nSPS) is 14.9. The molecular weight excluding hydrogens is 348 g/mol. The molecule has 0 unspecified atom stereocenters. The third kappa shape index (κ3) is 4.85. The number of amides is 2. The summed E-state index contributed by atoms with van der Waals surface area (Å²) >= 11 is 1.66. The molecule has 1 aromatic heterocycles. The number of thiophene rings is 1. The van der Waals surface area contributed by atoms with Gasteiger partial charge in [-0.2, -0.15) is 11.3 Å². The summed E-state index contributed by atoms with van der Waals surface area (Å²) in [5.74, 6) is 0.781. The lowest BCUT2D eigenvalue weighted by Crippen LogP contribution is -2.46. The predicted molar refractivity (Wildman–Crippen MR) is 103 cm³/mol. The number of hydrogen-bond acceptors (Lipinski definition) is 4. The second-order valence-corrected chi connectivity index (χ2v) is 7.27. The topological polar surface area (TPSA) is 58.6 Å². The van der Waals surface area contributed by atoms with E-state index in [1.54, 1.807) is 30.6 Å². The van der Waals surface area contributed by atoms with Crippen LogP contribution in [0.3, 0.4) is 0 Å². The summed E-state index contributed by atoms with van der Waals surface area (Å²) in [7, 11) is 1.59. The highest BCUT2D eigenvalue weighted by Gasteiger charge is 2.24. The smallest absolute Gasteiger partial charge is 0.251 e. The van der Waals surface area contributed by atoms with Crippen molar-refractivity contribution in [2.75, 3.05) is 20.2 Å². The first-order valence-corrected chi connectivity index (χ1v) is 9.84. The van der Waals surface area contributed by atoms with Crippen molar-refractivity contribution in [3.8, 4) is 5.75 Å². The number of likely N-dealkylation sites (tertiary alicyclic amines) is 1. The molecule has 3 rings (SSSR count). The monoisotopic (exact) mass is 372 g/mol. The highest BCUT2D eigenvalue weighted by molar-refractivity contribution is 7.07. The van der Waals surface area contributed by atoms with E-state index in [1.807, 2.05) is 22.4 Å². The van der Waals surface area contributed by atoms with Crippen LogP contribution in [0.2, 0.25) is 0 Å². The van der Waals surface area contributed by atoms with Crippen LogP contribution in [0.5, 0.6) is 5.75 Å². The first-order valence-electron chi connectivity index (χ1n) is 8.89. The number of benzene rings is 1. The van der Waals surface area contributed by atoms with Crippen molar-refractivity contribution < 1.29 is 14.3 Å². The molecular formula is C20H24N2O3S. The molecule has 26 heavy (non-hydrogen) atoms. The zero-order valence-electron chi connectivity index (χ0n) is 14.9. The molecule has 2 amide bonds. The number of piperidine rings is 1. The van der Waals surface area contributed by atoms with Gasteiger partial charge in [0.2, 0.25) is 5.91 Å². The Morgan fingerprint density at radius 1 is 1.27 bits per heavy atom. The van der Waals surface area contributed by atoms with Gasteiger partial charge in [-0.15, -0.1) is 0 Å². The van der Waals surface area contributed by atoms with Gasteiger partial charge < -0.3 is 15.0 Å². The number of nitrogens with one attached hydrogen (secondary N) is 1. The van der Waals surface area contributed by atoms with Gasteiger partial charge in [-0.05, 0) is 59.9 Å². The number of rotatable bonds is 6. The zero-order chi connectivity index (χ0) is 18.4. The summed E-state index contributed by atoms with van der Waals surface area (Å²) in [5, 5.41) is 7.20. The number of carbonyl (C=O) groups excluding carboxylic acids is 2. The molecule has 0 spiro atoms. The van der Waals surface area contributed by atoms with E-state index in [0.717, 1.165) is 19.3 Å². The van der Waals surface area contributed by atoms with Crippen molar-refractivity contribution in [2.24, 2.45) is 0 Å². The van der Waals surface area contributed by atoms with Gasteiger partial charge in [0.1, 0.15) is 5.75 Å². The van der Waals surface area contributed by atoms with Crippen LogP contribution < -0.4 is 10.1 Å². The van der Waals surface area contributed by atoms with Crippen LogP contribution in [0.4, 0.5) is 0 Å². The summed E-state index contributed by atoms with van der Waals surface area (Å²) in [5.41, 5.74) is 1.82. The molecule has 0 radical (unpaired) electrons. The standard InChI is InChI=1S/C20H24N2O3S/c1-25-18-4-2-3-16(13-18)20(24)21-17-7-10-22(11-8-17)19(23)6-5-15-9-12-26-14-15/h2-4,9,12-14,17H,5-8,10-11H2,1H3,(H,21,24). The van der Waals surface area contributed by atoms with Crippen LogP contribution in [0, 0.1) is 0 Å². The Labute approximate surface area is 158 Å². The largest absolute Gasteiger partial charge is 0.497 e.